The van der Waals surface area contributed by atoms with Gasteiger partial charge in [0.25, 0.3) is 5.91 Å². The van der Waals surface area contributed by atoms with E-state index in [0.29, 0.717) is 29.2 Å². The van der Waals surface area contributed by atoms with Crippen LogP contribution in [0.2, 0.25) is 0 Å². The maximum atomic E-state index is 12.4. The first-order valence-corrected chi connectivity index (χ1v) is 10.3. The summed E-state index contributed by atoms with van der Waals surface area (Å²) in [4.78, 5) is 25.7. The first-order chi connectivity index (χ1) is 15.4. The van der Waals surface area contributed by atoms with E-state index in [1.807, 2.05) is 38.1 Å². The molecule has 0 saturated carbocycles. The molecule has 1 amide bonds. The van der Waals surface area contributed by atoms with Crippen molar-refractivity contribution < 1.29 is 19.0 Å². The Morgan fingerprint density at radius 3 is 2.66 bits per heavy atom. The van der Waals surface area contributed by atoms with Crippen molar-refractivity contribution in [2.24, 2.45) is 0 Å². The standard InChI is InChI=1S/C21H25N7O4/c1-21(2)31-14-15(19(29)23-3)30-20(16(14)32-21)28-10-27-13-17(25-9-26-18(13)28)24-8-11-4-6-12(22)7-5-11/h4-7,9-10,14-16,20H,8,22H2,1-3H3,(H,23,29)(H,24,25,26)/t14-,15+,16-,20-/m1/s1. The first kappa shape index (κ1) is 20.6. The second-order valence-electron chi connectivity index (χ2n) is 8.27. The molecule has 4 atom stereocenters. The van der Waals surface area contributed by atoms with Crippen LogP contribution in [0.1, 0.15) is 25.6 Å². The Morgan fingerprint density at radius 1 is 1.16 bits per heavy atom. The van der Waals surface area contributed by atoms with Gasteiger partial charge in [-0.15, -0.1) is 0 Å². The number of hydrogen-bond donors (Lipinski definition) is 3. The van der Waals surface area contributed by atoms with Gasteiger partial charge in [0.2, 0.25) is 0 Å². The van der Waals surface area contributed by atoms with Crippen LogP contribution in [0.4, 0.5) is 11.5 Å². The van der Waals surface area contributed by atoms with Gasteiger partial charge in [-0.2, -0.15) is 0 Å². The number of nitrogens with two attached hydrogens (primary N) is 1. The number of hydrogen-bond acceptors (Lipinski definition) is 9. The van der Waals surface area contributed by atoms with Crippen LogP contribution in [0.15, 0.2) is 36.9 Å². The lowest BCUT2D eigenvalue weighted by atomic mass is 10.1. The number of imidazole rings is 1. The predicted molar refractivity (Wildman–Crippen MR) is 115 cm³/mol. The molecule has 5 rings (SSSR count). The molecule has 32 heavy (non-hydrogen) atoms. The SMILES string of the molecule is CNC(=O)[C@H]1O[C@@H](n2cnc3c(NCc4ccc(N)cc4)ncnc32)[C@@H]2OC(C)(C)O[C@@H]21. The summed E-state index contributed by atoms with van der Waals surface area (Å²) in [7, 11) is 1.56. The molecule has 0 radical (unpaired) electrons. The van der Waals surface area contributed by atoms with Crippen molar-refractivity contribution >= 4 is 28.6 Å². The van der Waals surface area contributed by atoms with E-state index >= 15 is 0 Å². The smallest absolute Gasteiger partial charge is 0.251 e. The van der Waals surface area contributed by atoms with Gasteiger partial charge < -0.3 is 30.6 Å². The number of carbonyl (C=O) groups excluding carboxylic acids is 1. The predicted octanol–water partition coefficient (Wildman–Crippen LogP) is 1.18. The Bertz CT molecular complexity index is 1150. The second-order valence-corrected chi connectivity index (χ2v) is 8.27. The van der Waals surface area contributed by atoms with Crippen molar-refractivity contribution in [3.63, 3.8) is 0 Å². The van der Waals surface area contributed by atoms with E-state index in [-0.39, 0.29) is 5.91 Å². The van der Waals surface area contributed by atoms with E-state index in [4.69, 9.17) is 19.9 Å². The van der Waals surface area contributed by atoms with Crippen molar-refractivity contribution in [2.45, 2.75) is 50.7 Å². The van der Waals surface area contributed by atoms with E-state index in [0.717, 1.165) is 5.56 Å². The number of aromatic nitrogens is 4. The average Bonchev–Trinajstić information content (AvgIpc) is 3.43. The number of nitrogens with one attached hydrogen (secondary N) is 2. The molecule has 1 aromatic carbocycles. The summed E-state index contributed by atoms with van der Waals surface area (Å²) in [5, 5.41) is 5.92. The number of nitrogens with zero attached hydrogens (tertiary/aromatic N) is 4. The van der Waals surface area contributed by atoms with Gasteiger partial charge in [0.1, 0.15) is 18.5 Å². The van der Waals surface area contributed by atoms with Crippen molar-refractivity contribution in [2.75, 3.05) is 18.1 Å². The minimum atomic E-state index is -0.833. The van der Waals surface area contributed by atoms with E-state index in [1.54, 1.807) is 17.9 Å². The monoisotopic (exact) mass is 439 g/mol. The molecule has 0 bridgehead atoms. The number of nitrogen functional groups attached to an aromatic ring is 1. The number of rotatable bonds is 5. The summed E-state index contributed by atoms with van der Waals surface area (Å²) in [6.45, 7) is 4.18. The van der Waals surface area contributed by atoms with E-state index < -0.39 is 30.3 Å². The van der Waals surface area contributed by atoms with Crippen LogP contribution in [0.5, 0.6) is 0 Å². The number of benzene rings is 1. The van der Waals surface area contributed by atoms with E-state index in [1.165, 1.54) is 6.33 Å². The fraction of sp³-hybridized carbons (Fsp3) is 0.429. The molecule has 2 aliphatic rings. The molecule has 2 aromatic heterocycles. The molecule has 0 unspecified atom stereocenters. The lowest BCUT2D eigenvalue weighted by molar-refractivity contribution is -0.197. The Hall–Kier alpha value is -3.28. The van der Waals surface area contributed by atoms with Gasteiger partial charge in [-0.3, -0.25) is 9.36 Å². The van der Waals surface area contributed by atoms with Crippen LogP contribution >= 0.6 is 0 Å². The molecule has 4 N–H and O–H groups in total. The average molecular weight is 439 g/mol. The normalized spacial score (nSPS) is 26.2. The Kier molecular flexibility index (Phi) is 4.96. The number of fused-ring (bicyclic) bond motifs is 2. The number of likely N-dealkylation sites (N-methyl/N-ethyl adjacent to an activating group) is 1. The highest BCUT2D eigenvalue weighted by Crippen LogP contribution is 2.43. The second kappa shape index (κ2) is 7.69. The summed E-state index contributed by atoms with van der Waals surface area (Å²) in [5.74, 6) is -0.513. The van der Waals surface area contributed by atoms with Crippen LogP contribution in [-0.4, -0.2) is 56.6 Å². The van der Waals surface area contributed by atoms with E-state index in [9.17, 15) is 4.79 Å². The van der Waals surface area contributed by atoms with Crippen LogP contribution < -0.4 is 16.4 Å². The lowest BCUT2D eigenvalue weighted by Gasteiger charge is -2.24. The lowest BCUT2D eigenvalue weighted by Crippen LogP contribution is -2.41. The summed E-state index contributed by atoms with van der Waals surface area (Å²) in [6, 6.07) is 7.60. The van der Waals surface area contributed by atoms with Gasteiger partial charge >= 0.3 is 0 Å². The molecule has 168 valence electrons. The van der Waals surface area contributed by atoms with Gasteiger partial charge in [-0.1, -0.05) is 12.1 Å². The zero-order valence-corrected chi connectivity index (χ0v) is 18.0. The largest absolute Gasteiger partial charge is 0.399 e. The molecule has 2 saturated heterocycles. The maximum absolute atomic E-state index is 12.4. The van der Waals surface area contributed by atoms with Crippen LogP contribution in [0, 0.1) is 0 Å². The Morgan fingerprint density at radius 2 is 1.91 bits per heavy atom. The molecular weight excluding hydrogens is 414 g/mol. The maximum Gasteiger partial charge on any atom is 0.251 e. The third-order valence-electron chi connectivity index (χ3n) is 5.61. The highest BCUT2D eigenvalue weighted by molar-refractivity contribution is 5.83. The van der Waals surface area contributed by atoms with Crippen molar-refractivity contribution in [1.29, 1.82) is 0 Å². The fourth-order valence-electron chi connectivity index (χ4n) is 4.14. The van der Waals surface area contributed by atoms with Gasteiger partial charge in [-0.05, 0) is 31.5 Å². The highest BCUT2D eigenvalue weighted by atomic mass is 16.8. The fourth-order valence-corrected chi connectivity index (χ4v) is 4.14. The molecule has 4 heterocycles. The number of amides is 1. The summed E-state index contributed by atoms with van der Waals surface area (Å²) in [5.41, 5.74) is 8.67. The minimum Gasteiger partial charge on any atom is -0.399 e. The molecular formula is C21H25N7O4. The molecule has 3 aromatic rings. The molecule has 2 aliphatic heterocycles. The Balaban J connectivity index is 1.44. The quantitative estimate of drug-likeness (QED) is 0.500. The van der Waals surface area contributed by atoms with Crippen LogP contribution in [-0.2, 0) is 25.5 Å². The number of anilines is 2. The minimum absolute atomic E-state index is 0.270. The van der Waals surface area contributed by atoms with Crippen LogP contribution in [0.25, 0.3) is 11.2 Å². The molecule has 11 nitrogen and oxygen atoms in total. The highest BCUT2D eigenvalue weighted by Gasteiger charge is 2.58. The summed E-state index contributed by atoms with van der Waals surface area (Å²) >= 11 is 0. The molecule has 0 aliphatic carbocycles. The first-order valence-electron chi connectivity index (χ1n) is 10.3. The molecule has 11 heteroatoms. The van der Waals surface area contributed by atoms with Crippen molar-refractivity contribution in [3.8, 4) is 0 Å². The zero-order valence-electron chi connectivity index (χ0n) is 18.0. The van der Waals surface area contributed by atoms with Crippen molar-refractivity contribution in [3.05, 3.63) is 42.5 Å². The van der Waals surface area contributed by atoms with Gasteiger partial charge in [0, 0.05) is 19.3 Å². The topological polar surface area (TPSA) is 138 Å². The Labute approximate surface area is 184 Å². The molecule has 2 fully saturated rings. The van der Waals surface area contributed by atoms with Crippen molar-refractivity contribution in [1.82, 2.24) is 24.8 Å². The van der Waals surface area contributed by atoms with E-state index in [2.05, 4.69) is 25.6 Å². The number of ether oxygens (including phenoxy) is 3. The number of carbonyl (C=O) groups is 1. The third-order valence-corrected chi connectivity index (χ3v) is 5.61. The van der Waals surface area contributed by atoms with Gasteiger partial charge in [0.15, 0.2) is 35.1 Å². The van der Waals surface area contributed by atoms with Crippen LogP contribution in [0.3, 0.4) is 0 Å². The van der Waals surface area contributed by atoms with Gasteiger partial charge in [0.05, 0.1) is 6.33 Å². The zero-order chi connectivity index (χ0) is 22.5. The third kappa shape index (κ3) is 3.53. The van der Waals surface area contributed by atoms with Gasteiger partial charge in [-0.25, -0.2) is 15.0 Å². The summed E-state index contributed by atoms with van der Waals surface area (Å²) in [6.07, 6.45) is 0.608. The molecule has 0 spiro atoms. The summed E-state index contributed by atoms with van der Waals surface area (Å²) < 4.78 is 19.9.